The third-order valence-corrected chi connectivity index (χ3v) is 4.58. The van der Waals surface area contributed by atoms with Gasteiger partial charge in [0, 0.05) is 18.8 Å². The van der Waals surface area contributed by atoms with Gasteiger partial charge in [-0.3, -0.25) is 0 Å². The SMILES string of the molecule is CCN(CC)c1ccc(/C=C/c2ccc(OS(=O)(=O)OC)cc2)cc1. The molecule has 0 saturated heterocycles. The highest BCUT2D eigenvalue weighted by Gasteiger charge is 2.10. The van der Waals surface area contributed by atoms with Gasteiger partial charge in [-0.1, -0.05) is 36.4 Å². The fourth-order valence-electron chi connectivity index (χ4n) is 2.36. The van der Waals surface area contributed by atoms with Crippen molar-refractivity contribution in [1.29, 1.82) is 0 Å². The van der Waals surface area contributed by atoms with E-state index in [-0.39, 0.29) is 5.75 Å². The van der Waals surface area contributed by atoms with Gasteiger partial charge in [0.15, 0.2) is 0 Å². The van der Waals surface area contributed by atoms with Crippen molar-refractivity contribution in [3.8, 4) is 5.75 Å². The Bertz CT molecular complexity index is 792. The Labute approximate surface area is 149 Å². The molecule has 0 saturated carbocycles. The molecule has 0 fully saturated rings. The molecule has 25 heavy (non-hydrogen) atoms. The van der Waals surface area contributed by atoms with Gasteiger partial charge in [0.05, 0.1) is 7.11 Å². The third-order valence-electron chi connectivity index (χ3n) is 3.77. The van der Waals surface area contributed by atoms with Crippen LogP contribution in [-0.2, 0) is 14.6 Å². The molecular weight excluding hydrogens is 338 g/mol. The Morgan fingerprint density at radius 3 is 1.80 bits per heavy atom. The zero-order valence-corrected chi connectivity index (χ0v) is 15.5. The highest BCUT2D eigenvalue weighted by Crippen LogP contribution is 2.18. The first kappa shape index (κ1) is 19.0. The molecule has 0 spiro atoms. The van der Waals surface area contributed by atoms with Crippen LogP contribution in [0.2, 0.25) is 0 Å². The Morgan fingerprint density at radius 1 is 0.880 bits per heavy atom. The normalized spacial score (nSPS) is 11.6. The molecule has 0 radical (unpaired) electrons. The molecule has 0 aliphatic heterocycles. The van der Waals surface area contributed by atoms with E-state index >= 15 is 0 Å². The standard InChI is InChI=1S/C19H23NO4S/c1-4-20(5-2)18-12-8-16(9-13-18)6-7-17-10-14-19(15-11-17)24-25(21,22)23-3/h6-15H,4-5H2,1-3H3/b7-6+. The van der Waals surface area contributed by atoms with Gasteiger partial charge >= 0.3 is 10.4 Å². The van der Waals surface area contributed by atoms with Crippen LogP contribution in [-0.4, -0.2) is 28.6 Å². The second-order valence-electron chi connectivity index (χ2n) is 5.32. The van der Waals surface area contributed by atoms with Gasteiger partial charge in [-0.15, -0.1) is 0 Å². The molecule has 0 aromatic heterocycles. The zero-order chi connectivity index (χ0) is 18.3. The zero-order valence-electron chi connectivity index (χ0n) is 14.7. The molecule has 2 rings (SSSR count). The van der Waals surface area contributed by atoms with Crippen molar-refractivity contribution in [2.75, 3.05) is 25.1 Å². The van der Waals surface area contributed by atoms with E-state index in [9.17, 15) is 8.42 Å². The van der Waals surface area contributed by atoms with Crippen molar-refractivity contribution in [1.82, 2.24) is 0 Å². The van der Waals surface area contributed by atoms with Crippen LogP contribution in [0, 0.1) is 0 Å². The van der Waals surface area contributed by atoms with Crippen molar-refractivity contribution >= 4 is 28.2 Å². The molecule has 0 aliphatic carbocycles. The molecule has 2 aromatic rings. The van der Waals surface area contributed by atoms with E-state index in [0.717, 1.165) is 31.3 Å². The molecule has 0 heterocycles. The summed E-state index contributed by atoms with van der Waals surface area (Å²) in [5.41, 5.74) is 3.25. The number of benzene rings is 2. The average molecular weight is 361 g/mol. The van der Waals surface area contributed by atoms with Gasteiger partial charge in [-0.25, -0.2) is 4.18 Å². The van der Waals surface area contributed by atoms with Crippen LogP contribution >= 0.6 is 0 Å². The van der Waals surface area contributed by atoms with Gasteiger partial charge < -0.3 is 9.08 Å². The van der Waals surface area contributed by atoms with E-state index in [0.29, 0.717) is 0 Å². The van der Waals surface area contributed by atoms with E-state index in [1.54, 1.807) is 24.3 Å². The van der Waals surface area contributed by atoms with Crippen LogP contribution in [0.4, 0.5) is 5.69 Å². The van der Waals surface area contributed by atoms with Crippen LogP contribution in [0.25, 0.3) is 12.2 Å². The van der Waals surface area contributed by atoms with Crippen LogP contribution in [0.5, 0.6) is 5.75 Å². The molecule has 6 heteroatoms. The summed E-state index contributed by atoms with van der Waals surface area (Å²) in [4.78, 5) is 2.29. The fourth-order valence-corrected chi connectivity index (χ4v) is 2.78. The molecule has 0 atom stereocenters. The minimum atomic E-state index is -3.98. The van der Waals surface area contributed by atoms with Crippen molar-refractivity contribution in [2.45, 2.75) is 13.8 Å². The Balaban J connectivity index is 2.04. The molecule has 2 aromatic carbocycles. The number of hydrogen-bond donors (Lipinski definition) is 0. The number of rotatable bonds is 8. The lowest BCUT2D eigenvalue weighted by Gasteiger charge is -2.20. The summed E-state index contributed by atoms with van der Waals surface area (Å²) in [6.45, 7) is 6.25. The summed E-state index contributed by atoms with van der Waals surface area (Å²) in [6.07, 6.45) is 3.97. The highest BCUT2D eigenvalue weighted by molar-refractivity contribution is 7.82. The van der Waals surface area contributed by atoms with E-state index in [4.69, 9.17) is 4.18 Å². The van der Waals surface area contributed by atoms with Crippen molar-refractivity contribution in [3.05, 3.63) is 59.7 Å². The second kappa shape index (κ2) is 8.69. The molecule has 5 nitrogen and oxygen atoms in total. The number of hydrogen-bond acceptors (Lipinski definition) is 5. The minimum Gasteiger partial charge on any atom is -0.372 e. The second-order valence-corrected chi connectivity index (χ2v) is 6.64. The van der Waals surface area contributed by atoms with Crippen LogP contribution < -0.4 is 9.08 Å². The van der Waals surface area contributed by atoms with Gasteiger partial charge in [0.2, 0.25) is 0 Å². The molecule has 0 bridgehead atoms. The molecule has 0 unspecified atom stereocenters. The van der Waals surface area contributed by atoms with Gasteiger partial charge in [-0.05, 0) is 49.2 Å². The summed E-state index contributed by atoms with van der Waals surface area (Å²) in [6, 6.07) is 15.1. The Hall–Kier alpha value is -2.31. The molecular formula is C19H23NO4S. The molecule has 0 aliphatic rings. The highest BCUT2D eigenvalue weighted by atomic mass is 32.3. The van der Waals surface area contributed by atoms with Crippen LogP contribution in [0.15, 0.2) is 48.5 Å². The lowest BCUT2D eigenvalue weighted by molar-refractivity contribution is 0.330. The molecule has 0 N–H and O–H groups in total. The first-order valence-corrected chi connectivity index (χ1v) is 9.44. The summed E-state index contributed by atoms with van der Waals surface area (Å²) in [7, 11) is -2.92. The summed E-state index contributed by atoms with van der Waals surface area (Å²) in [5, 5.41) is 0. The lowest BCUT2D eigenvalue weighted by atomic mass is 10.1. The van der Waals surface area contributed by atoms with E-state index < -0.39 is 10.4 Å². The number of anilines is 1. The van der Waals surface area contributed by atoms with Crippen LogP contribution in [0.1, 0.15) is 25.0 Å². The van der Waals surface area contributed by atoms with E-state index in [1.807, 2.05) is 12.2 Å². The van der Waals surface area contributed by atoms with Crippen LogP contribution in [0.3, 0.4) is 0 Å². The quantitative estimate of drug-likeness (QED) is 0.666. The Morgan fingerprint density at radius 2 is 1.36 bits per heavy atom. The maximum Gasteiger partial charge on any atom is 0.448 e. The largest absolute Gasteiger partial charge is 0.448 e. The van der Waals surface area contributed by atoms with Gasteiger partial charge in [0.25, 0.3) is 0 Å². The third kappa shape index (κ3) is 5.62. The topological polar surface area (TPSA) is 55.8 Å². The lowest BCUT2D eigenvalue weighted by Crippen LogP contribution is -2.21. The van der Waals surface area contributed by atoms with E-state index in [2.05, 4.69) is 47.2 Å². The summed E-state index contributed by atoms with van der Waals surface area (Å²) < 4.78 is 31.4. The van der Waals surface area contributed by atoms with Crippen molar-refractivity contribution in [3.63, 3.8) is 0 Å². The predicted molar refractivity (Wildman–Crippen MR) is 102 cm³/mol. The maximum atomic E-state index is 11.2. The van der Waals surface area contributed by atoms with Crippen molar-refractivity contribution < 1.29 is 16.8 Å². The monoisotopic (exact) mass is 361 g/mol. The molecule has 134 valence electrons. The first-order valence-electron chi connectivity index (χ1n) is 8.10. The molecule has 0 amide bonds. The fraction of sp³-hybridized carbons (Fsp3) is 0.263. The minimum absolute atomic E-state index is 0.211. The smallest absolute Gasteiger partial charge is 0.372 e. The van der Waals surface area contributed by atoms with Gasteiger partial charge in [0.1, 0.15) is 5.75 Å². The van der Waals surface area contributed by atoms with Gasteiger partial charge in [-0.2, -0.15) is 8.42 Å². The predicted octanol–water partition coefficient (Wildman–Crippen LogP) is 3.97. The average Bonchev–Trinajstić information content (AvgIpc) is 2.63. The summed E-state index contributed by atoms with van der Waals surface area (Å²) in [5.74, 6) is 0.211. The summed E-state index contributed by atoms with van der Waals surface area (Å²) >= 11 is 0. The van der Waals surface area contributed by atoms with Crippen molar-refractivity contribution in [2.24, 2.45) is 0 Å². The van der Waals surface area contributed by atoms with E-state index in [1.165, 1.54) is 5.69 Å². The maximum absolute atomic E-state index is 11.2. The first-order chi connectivity index (χ1) is 12.0. The Kier molecular flexibility index (Phi) is 6.61. The number of nitrogens with zero attached hydrogens (tertiary/aromatic N) is 1.